The zero-order valence-corrected chi connectivity index (χ0v) is 16.0. The summed E-state index contributed by atoms with van der Waals surface area (Å²) in [4.78, 5) is 23.7. The fourth-order valence-corrected chi connectivity index (χ4v) is 3.67. The van der Waals surface area contributed by atoms with Gasteiger partial charge in [0.1, 0.15) is 5.82 Å². The SMILES string of the molecule is Cc1cc(C(=O)NCc2cccnc2N2CCC[C@@H](O)C2)c2c(C)noc2n1. The number of aliphatic hydroxyl groups is 1. The highest BCUT2D eigenvalue weighted by Gasteiger charge is 2.22. The molecule has 8 nitrogen and oxygen atoms in total. The van der Waals surface area contributed by atoms with E-state index in [1.165, 1.54) is 0 Å². The molecule has 2 N–H and O–H groups in total. The van der Waals surface area contributed by atoms with E-state index < -0.39 is 0 Å². The van der Waals surface area contributed by atoms with Gasteiger partial charge in [-0.05, 0) is 38.8 Å². The van der Waals surface area contributed by atoms with E-state index in [0.717, 1.165) is 30.8 Å². The summed E-state index contributed by atoms with van der Waals surface area (Å²) in [5, 5.41) is 17.5. The average Bonchev–Trinajstić information content (AvgIpc) is 3.06. The molecule has 1 amide bonds. The molecule has 0 spiro atoms. The van der Waals surface area contributed by atoms with Gasteiger partial charge in [0.25, 0.3) is 11.6 Å². The summed E-state index contributed by atoms with van der Waals surface area (Å²) in [6, 6.07) is 5.54. The fraction of sp³-hybridized carbons (Fsp3) is 0.400. The molecule has 1 aliphatic rings. The number of rotatable bonds is 4. The number of anilines is 1. The number of hydrogen-bond donors (Lipinski definition) is 2. The molecular formula is C20H23N5O3. The first-order valence-electron chi connectivity index (χ1n) is 9.41. The van der Waals surface area contributed by atoms with Crippen LogP contribution in [0.1, 0.15) is 40.2 Å². The van der Waals surface area contributed by atoms with Crippen molar-refractivity contribution < 1.29 is 14.4 Å². The van der Waals surface area contributed by atoms with Crippen LogP contribution in [-0.4, -0.2) is 45.3 Å². The Morgan fingerprint density at radius 3 is 3.11 bits per heavy atom. The van der Waals surface area contributed by atoms with E-state index in [0.29, 0.717) is 41.1 Å². The van der Waals surface area contributed by atoms with Crippen LogP contribution in [0.3, 0.4) is 0 Å². The second kappa shape index (κ2) is 7.55. The van der Waals surface area contributed by atoms with Crippen molar-refractivity contribution in [1.82, 2.24) is 20.4 Å². The van der Waals surface area contributed by atoms with Crippen molar-refractivity contribution >= 4 is 22.8 Å². The molecule has 0 aromatic carbocycles. The number of nitrogens with zero attached hydrogens (tertiary/aromatic N) is 4. The summed E-state index contributed by atoms with van der Waals surface area (Å²) in [6.45, 7) is 5.35. The molecule has 3 aromatic heterocycles. The summed E-state index contributed by atoms with van der Waals surface area (Å²) in [7, 11) is 0. The molecule has 1 aliphatic heterocycles. The van der Waals surface area contributed by atoms with Gasteiger partial charge in [-0.2, -0.15) is 0 Å². The van der Waals surface area contributed by atoms with E-state index >= 15 is 0 Å². The highest BCUT2D eigenvalue weighted by molar-refractivity contribution is 6.06. The first-order chi connectivity index (χ1) is 13.5. The Hall–Kier alpha value is -3.00. The summed E-state index contributed by atoms with van der Waals surface area (Å²) in [6.07, 6.45) is 3.12. The second-order valence-electron chi connectivity index (χ2n) is 7.17. The maximum absolute atomic E-state index is 12.9. The molecular weight excluding hydrogens is 358 g/mol. The van der Waals surface area contributed by atoms with Gasteiger partial charge >= 0.3 is 0 Å². The predicted molar refractivity (Wildman–Crippen MR) is 104 cm³/mol. The Morgan fingerprint density at radius 2 is 2.29 bits per heavy atom. The van der Waals surface area contributed by atoms with Crippen LogP contribution in [0.15, 0.2) is 28.9 Å². The van der Waals surface area contributed by atoms with Crippen molar-refractivity contribution in [1.29, 1.82) is 0 Å². The number of amides is 1. The topological polar surface area (TPSA) is 104 Å². The van der Waals surface area contributed by atoms with E-state index in [9.17, 15) is 9.90 Å². The number of aromatic nitrogens is 3. The molecule has 146 valence electrons. The number of nitrogens with one attached hydrogen (secondary N) is 1. The molecule has 1 fully saturated rings. The van der Waals surface area contributed by atoms with Crippen LogP contribution in [0.25, 0.3) is 11.1 Å². The number of aliphatic hydroxyl groups excluding tert-OH is 1. The molecule has 8 heteroatoms. The fourth-order valence-electron chi connectivity index (χ4n) is 3.67. The zero-order valence-electron chi connectivity index (χ0n) is 16.0. The van der Waals surface area contributed by atoms with Gasteiger partial charge in [0.05, 0.1) is 22.7 Å². The Morgan fingerprint density at radius 1 is 1.43 bits per heavy atom. The van der Waals surface area contributed by atoms with Crippen LogP contribution in [-0.2, 0) is 6.54 Å². The summed E-state index contributed by atoms with van der Waals surface area (Å²) >= 11 is 0. The normalized spacial score (nSPS) is 17.1. The van der Waals surface area contributed by atoms with Crippen LogP contribution in [0.5, 0.6) is 0 Å². The molecule has 1 saturated heterocycles. The summed E-state index contributed by atoms with van der Waals surface area (Å²) < 4.78 is 5.21. The molecule has 0 radical (unpaired) electrons. The number of hydrogen-bond acceptors (Lipinski definition) is 7. The van der Waals surface area contributed by atoms with E-state index in [-0.39, 0.29) is 12.0 Å². The maximum atomic E-state index is 12.9. The lowest BCUT2D eigenvalue weighted by molar-refractivity contribution is 0.0952. The number of fused-ring (bicyclic) bond motifs is 1. The molecule has 3 aromatic rings. The molecule has 28 heavy (non-hydrogen) atoms. The van der Waals surface area contributed by atoms with E-state index in [1.807, 2.05) is 19.1 Å². The van der Waals surface area contributed by atoms with Crippen LogP contribution in [0.2, 0.25) is 0 Å². The minimum absolute atomic E-state index is 0.213. The lowest BCUT2D eigenvalue weighted by Crippen LogP contribution is -2.39. The molecule has 0 aliphatic carbocycles. The standard InChI is InChI=1S/C20H23N5O3/c1-12-9-16(17-13(2)24-28-20(17)23-12)19(27)22-10-14-5-3-7-21-18(14)25-8-4-6-15(26)11-25/h3,5,7,9,15,26H,4,6,8,10-11H2,1-2H3,(H,22,27)/t15-/m1/s1. The van der Waals surface area contributed by atoms with Gasteiger partial charge in [-0.25, -0.2) is 9.97 Å². The second-order valence-corrected chi connectivity index (χ2v) is 7.17. The number of carbonyl (C=O) groups excluding carboxylic acids is 1. The summed E-state index contributed by atoms with van der Waals surface area (Å²) in [5.74, 6) is 0.592. The van der Waals surface area contributed by atoms with Gasteiger partial charge < -0.3 is 19.8 Å². The van der Waals surface area contributed by atoms with Crippen molar-refractivity contribution in [3.63, 3.8) is 0 Å². The van der Waals surface area contributed by atoms with Gasteiger partial charge in [0, 0.05) is 37.1 Å². The van der Waals surface area contributed by atoms with Gasteiger partial charge in [0.2, 0.25) is 0 Å². The Bertz CT molecular complexity index is 1020. The third kappa shape index (κ3) is 3.55. The van der Waals surface area contributed by atoms with Gasteiger partial charge in [0.15, 0.2) is 0 Å². The number of β-amino-alcohol motifs (C(OH)–C–C–N with tert-alkyl or cyclic N) is 1. The van der Waals surface area contributed by atoms with Crippen molar-refractivity contribution in [3.8, 4) is 0 Å². The lowest BCUT2D eigenvalue weighted by atomic mass is 10.1. The van der Waals surface area contributed by atoms with Gasteiger partial charge in [-0.15, -0.1) is 0 Å². The first kappa shape index (κ1) is 18.4. The maximum Gasteiger partial charge on any atom is 0.258 e. The predicted octanol–water partition coefficient (Wildman–Crippen LogP) is 2.13. The van der Waals surface area contributed by atoms with E-state index in [2.05, 4.69) is 25.3 Å². The highest BCUT2D eigenvalue weighted by atomic mass is 16.5. The minimum atomic E-state index is -0.345. The Labute approximate surface area is 162 Å². The van der Waals surface area contributed by atoms with Crippen LogP contribution in [0.4, 0.5) is 5.82 Å². The summed E-state index contributed by atoms with van der Waals surface area (Å²) in [5.41, 5.74) is 3.11. The molecule has 4 heterocycles. The highest BCUT2D eigenvalue weighted by Crippen LogP contribution is 2.24. The largest absolute Gasteiger partial charge is 0.391 e. The Kier molecular flexibility index (Phi) is 4.95. The van der Waals surface area contributed by atoms with Crippen LogP contribution in [0, 0.1) is 13.8 Å². The van der Waals surface area contributed by atoms with Crippen LogP contribution < -0.4 is 10.2 Å². The third-order valence-corrected chi connectivity index (χ3v) is 4.99. The molecule has 0 saturated carbocycles. The number of aryl methyl sites for hydroxylation is 2. The van der Waals surface area contributed by atoms with Gasteiger partial charge in [-0.1, -0.05) is 11.2 Å². The lowest BCUT2D eigenvalue weighted by Gasteiger charge is -2.32. The number of pyridine rings is 2. The average molecular weight is 381 g/mol. The molecule has 0 unspecified atom stereocenters. The van der Waals surface area contributed by atoms with Crippen LogP contribution >= 0.6 is 0 Å². The zero-order chi connectivity index (χ0) is 19.7. The first-order valence-corrected chi connectivity index (χ1v) is 9.41. The van der Waals surface area contributed by atoms with Crippen molar-refractivity contribution in [2.45, 2.75) is 39.3 Å². The third-order valence-electron chi connectivity index (χ3n) is 4.99. The van der Waals surface area contributed by atoms with Crippen molar-refractivity contribution in [2.24, 2.45) is 0 Å². The van der Waals surface area contributed by atoms with E-state index in [4.69, 9.17) is 4.52 Å². The molecule has 4 rings (SSSR count). The molecule has 0 bridgehead atoms. The van der Waals surface area contributed by atoms with Crippen molar-refractivity contribution in [3.05, 3.63) is 46.9 Å². The van der Waals surface area contributed by atoms with Gasteiger partial charge in [-0.3, -0.25) is 4.79 Å². The quantitative estimate of drug-likeness (QED) is 0.713. The monoisotopic (exact) mass is 381 g/mol. The van der Waals surface area contributed by atoms with E-state index in [1.54, 1.807) is 19.2 Å². The number of carbonyl (C=O) groups is 1. The number of piperidine rings is 1. The minimum Gasteiger partial charge on any atom is -0.391 e. The van der Waals surface area contributed by atoms with Crippen molar-refractivity contribution in [2.75, 3.05) is 18.0 Å². The molecule has 1 atom stereocenters. The smallest absolute Gasteiger partial charge is 0.258 e. The Balaban J connectivity index is 1.56.